The molecule has 0 bridgehead atoms. The van der Waals surface area contributed by atoms with Crippen LogP contribution in [0.4, 0.5) is 4.79 Å². The second-order valence-corrected chi connectivity index (χ2v) is 10.4. The third-order valence-electron chi connectivity index (χ3n) is 7.55. The lowest BCUT2D eigenvalue weighted by Crippen LogP contribution is -2.41. The number of rotatable bonds is 5. The van der Waals surface area contributed by atoms with Gasteiger partial charge in [0.15, 0.2) is 0 Å². The van der Waals surface area contributed by atoms with Gasteiger partial charge in [0.2, 0.25) is 0 Å². The van der Waals surface area contributed by atoms with E-state index in [1.165, 1.54) is 5.56 Å². The second-order valence-electron chi connectivity index (χ2n) is 10.4. The monoisotopic (exact) mass is 515 g/mol. The van der Waals surface area contributed by atoms with Crippen LogP contribution in [0.25, 0.3) is 11.5 Å². The predicted octanol–water partition coefficient (Wildman–Crippen LogP) is 6.91. The van der Waals surface area contributed by atoms with Crippen LogP contribution in [0.15, 0.2) is 103 Å². The average molecular weight is 516 g/mol. The number of nitrogens with zero attached hydrogens (tertiary/aromatic N) is 4. The highest BCUT2D eigenvalue weighted by molar-refractivity contribution is 5.76. The van der Waals surface area contributed by atoms with E-state index in [-0.39, 0.29) is 12.1 Å². The minimum Gasteiger partial charge on any atom is -0.334 e. The molecule has 1 aliphatic heterocycles. The molecule has 6 nitrogen and oxygen atoms in total. The fourth-order valence-electron chi connectivity index (χ4n) is 5.44. The molecule has 1 aliphatic rings. The van der Waals surface area contributed by atoms with Crippen LogP contribution in [0.2, 0.25) is 0 Å². The van der Waals surface area contributed by atoms with Gasteiger partial charge in [0, 0.05) is 18.3 Å². The number of carbonyl (C=O) groups is 1. The van der Waals surface area contributed by atoms with E-state index in [4.69, 9.17) is 5.10 Å². The molecule has 3 aromatic carbocycles. The van der Waals surface area contributed by atoms with Crippen LogP contribution in [-0.4, -0.2) is 25.3 Å². The molecule has 0 fully saturated rings. The van der Waals surface area contributed by atoms with Crippen LogP contribution in [0.1, 0.15) is 59.4 Å². The van der Waals surface area contributed by atoms with E-state index < -0.39 is 0 Å². The standard InChI is InChI=1S/C33H33N5O/c1-23(2)26-16-18-27(19-17-26)31-30-15-10-20-36(30)32-29(24(3)35-38(32)28-13-8-5-9-14-28)22-37(31)33(39)34-21-25-11-6-4-7-12-25/h4-20,23,31H,21-22H2,1-3H3,(H,34,39)/t31-/m1/s1. The fraction of sp³-hybridized carbons (Fsp3) is 0.212. The van der Waals surface area contributed by atoms with E-state index in [1.807, 2.05) is 65.0 Å². The van der Waals surface area contributed by atoms with Crippen molar-refractivity contribution in [3.05, 3.63) is 137 Å². The first kappa shape index (κ1) is 24.7. The lowest BCUT2D eigenvalue weighted by atomic mass is 9.97. The van der Waals surface area contributed by atoms with Crippen molar-refractivity contribution in [1.29, 1.82) is 0 Å². The number of hydrogen-bond donors (Lipinski definition) is 1. The number of aryl methyl sites for hydroxylation is 1. The lowest BCUT2D eigenvalue weighted by Gasteiger charge is -2.31. The molecule has 0 unspecified atom stereocenters. The Bertz CT molecular complexity index is 1580. The van der Waals surface area contributed by atoms with Crippen LogP contribution >= 0.6 is 0 Å². The molecule has 6 heteroatoms. The molecule has 2 aromatic heterocycles. The fourth-order valence-corrected chi connectivity index (χ4v) is 5.44. The quantitative estimate of drug-likeness (QED) is 0.277. The minimum absolute atomic E-state index is 0.107. The summed E-state index contributed by atoms with van der Waals surface area (Å²) in [5, 5.41) is 8.12. The summed E-state index contributed by atoms with van der Waals surface area (Å²) >= 11 is 0. The van der Waals surface area contributed by atoms with Gasteiger partial charge in [0.1, 0.15) is 5.82 Å². The highest BCUT2D eigenvalue weighted by Gasteiger charge is 2.36. The van der Waals surface area contributed by atoms with Gasteiger partial charge in [0.05, 0.1) is 29.7 Å². The maximum absolute atomic E-state index is 14.0. The van der Waals surface area contributed by atoms with E-state index in [9.17, 15) is 4.79 Å². The summed E-state index contributed by atoms with van der Waals surface area (Å²) < 4.78 is 4.20. The summed E-state index contributed by atoms with van der Waals surface area (Å²) in [6.07, 6.45) is 2.08. The van der Waals surface area contributed by atoms with Crippen LogP contribution in [-0.2, 0) is 13.1 Å². The Hall–Kier alpha value is -4.58. The van der Waals surface area contributed by atoms with Gasteiger partial charge in [-0.05, 0) is 53.8 Å². The first-order chi connectivity index (χ1) is 19.0. The maximum Gasteiger partial charge on any atom is 0.318 e. The summed E-state index contributed by atoms with van der Waals surface area (Å²) in [5.41, 5.74) is 7.38. The zero-order valence-electron chi connectivity index (χ0n) is 22.6. The summed E-state index contributed by atoms with van der Waals surface area (Å²) in [4.78, 5) is 15.9. The summed E-state index contributed by atoms with van der Waals surface area (Å²) in [7, 11) is 0. The van der Waals surface area contributed by atoms with Crippen LogP contribution in [0.5, 0.6) is 0 Å². The number of urea groups is 1. The number of nitrogens with one attached hydrogen (secondary N) is 1. The van der Waals surface area contributed by atoms with Gasteiger partial charge < -0.3 is 14.8 Å². The SMILES string of the molecule is Cc1nn(-c2ccccc2)c2c1CN(C(=O)NCc1ccccc1)[C@H](c1ccc(C(C)C)cc1)c1cccn1-2. The number of hydrogen-bond acceptors (Lipinski definition) is 2. The Kier molecular flexibility index (Phi) is 6.53. The molecule has 1 N–H and O–H groups in total. The van der Waals surface area contributed by atoms with Crippen molar-refractivity contribution < 1.29 is 4.79 Å². The van der Waals surface area contributed by atoms with E-state index in [2.05, 4.69) is 78.5 Å². The van der Waals surface area contributed by atoms with Crippen molar-refractivity contribution >= 4 is 6.03 Å². The molecule has 2 amide bonds. The molecule has 0 spiro atoms. The maximum atomic E-state index is 14.0. The lowest BCUT2D eigenvalue weighted by molar-refractivity contribution is 0.180. The molecule has 1 atom stereocenters. The molecule has 0 radical (unpaired) electrons. The van der Waals surface area contributed by atoms with Gasteiger partial charge >= 0.3 is 6.03 Å². The smallest absolute Gasteiger partial charge is 0.318 e. The number of benzene rings is 3. The number of fused-ring (bicyclic) bond motifs is 3. The van der Waals surface area contributed by atoms with Gasteiger partial charge in [-0.15, -0.1) is 0 Å². The normalized spacial score (nSPS) is 14.6. The zero-order chi connectivity index (χ0) is 26.9. The van der Waals surface area contributed by atoms with Crippen LogP contribution < -0.4 is 5.32 Å². The van der Waals surface area contributed by atoms with Crippen molar-refractivity contribution in [3.63, 3.8) is 0 Å². The first-order valence-electron chi connectivity index (χ1n) is 13.5. The molecule has 5 aromatic rings. The Morgan fingerprint density at radius 2 is 1.62 bits per heavy atom. The molecule has 196 valence electrons. The van der Waals surface area contributed by atoms with Gasteiger partial charge in [0.25, 0.3) is 0 Å². The Balaban J connectivity index is 1.48. The topological polar surface area (TPSA) is 55.1 Å². The van der Waals surface area contributed by atoms with Gasteiger partial charge in [-0.25, -0.2) is 9.48 Å². The largest absolute Gasteiger partial charge is 0.334 e. The van der Waals surface area contributed by atoms with Gasteiger partial charge in [-0.3, -0.25) is 0 Å². The average Bonchev–Trinajstić information content (AvgIpc) is 3.53. The zero-order valence-corrected chi connectivity index (χ0v) is 22.6. The summed E-state index contributed by atoms with van der Waals surface area (Å²) in [6.45, 7) is 7.32. The minimum atomic E-state index is -0.270. The van der Waals surface area contributed by atoms with Gasteiger partial charge in [-0.2, -0.15) is 5.10 Å². The molecular formula is C33H33N5O. The molecular weight excluding hydrogens is 482 g/mol. The molecule has 6 rings (SSSR count). The molecule has 39 heavy (non-hydrogen) atoms. The van der Waals surface area contributed by atoms with E-state index in [1.54, 1.807) is 0 Å². The van der Waals surface area contributed by atoms with Crippen molar-refractivity contribution in [2.24, 2.45) is 0 Å². The third-order valence-corrected chi connectivity index (χ3v) is 7.55. The van der Waals surface area contributed by atoms with Crippen LogP contribution in [0, 0.1) is 6.92 Å². The second kappa shape index (κ2) is 10.3. The highest BCUT2D eigenvalue weighted by Crippen LogP contribution is 2.38. The van der Waals surface area contributed by atoms with Crippen molar-refractivity contribution in [1.82, 2.24) is 24.6 Å². The number of aromatic nitrogens is 3. The molecule has 3 heterocycles. The van der Waals surface area contributed by atoms with Crippen molar-refractivity contribution in [2.45, 2.75) is 45.8 Å². The highest BCUT2D eigenvalue weighted by atomic mass is 16.2. The van der Waals surface area contributed by atoms with E-state index >= 15 is 0 Å². The first-order valence-corrected chi connectivity index (χ1v) is 13.5. The predicted molar refractivity (Wildman–Crippen MR) is 154 cm³/mol. The summed E-state index contributed by atoms with van der Waals surface area (Å²) in [6, 6.07) is 32.7. The van der Waals surface area contributed by atoms with Crippen molar-refractivity contribution in [2.75, 3.05) is 0 Å². The van der Waals surface area contributed by atoms with Crippen LogP contribution in [0.3, 0.4) is 0 Å². The van der Waals surface area contributed by atoms with Crippen molar-refractivity contribution in [3.8, 4) is 11.5 Å². The Morgan fingerprint density at radius 3 is 2.31 bits per heavy atom. The molecule has 0 saturated carbocycles. The van der Waals surface area contributed by atoms with E-state index in [0.717, 1.165) is 39.6 Å². The Morgan fingerprint density at radius 1 is 0.923 bits per heavy atom. The Labute approximate surface area is 229 Å². The third kappa shape index (κ3) is 4.63. The van der Waals surface area contributed by atoms with E-state index in [0.29, 0.717) is 19.0 Å². The number of amides is 2. The molecule has 0 saturated heterocycles. The summed E-state index contributed by atoms with van der Waals surface area (Å²) in [5.74, 6) is 1.41. The number of para-hydroxylation sites is 1. The van der Waals surface area contributed by atoms with Gasteiger partial charge in [-0.1, -0.05) is 86.6 Å². The number of carbonyl (C=O) groups excluding carboxylic acids is 1. The molecule has 0 aliphatic carbocycles.